The molecule has 0 spiro atoms. The van der Waals surface area contributed by atoms with Gasteiger partial charge in [-0.25, -0.2) is 0 Å². The number of carbonyl (C=O) groups excluding carboxylic acids is 1. The van der Waals surface area contributed by atoms with Crippen LogP contribution in [0.4, 0.5) is 0 Å². The van der Waals surface area contributed by atoms with Gasteiger partial charge >= 0.3 is 5.97 Å². The highest BCUT2D eigenvalue weighted by Gasteiger charge is 2.15. The molecule has 0 aromatic heterocycles. The van der Waals surface area contributed by atoms with Crippen LogP contribution in [0.15, 0.2) is 30.3 Å². The summed E-state index contributed by atoms with van der Waals surface area (Å²) in [5, 5.41) is 8.80. The molecule has 102 valence electrons. The molecule has 0 aliphatic rings. The Morgan fingerprint density at radius 1 is 1.42 bits per heavy atom. The minimum Gasteiger partial charge on any atom is -0.481 e. The van der Waals surface area contributed by atoms with Gasteiger partial charge in [-0.1, -0.05) is 36.8 Å². The Kier molecular flexibility index (Phi) is 5.30. The van der Waals surface area contributed by atoms with Crippen LogP contribution in [0.25, 0.3) is 6.08 Å². The fraction of sp³-hybridized carbons (Fsp3) is 0.333. The summed E-state index contributed by atoms with van der Waals surface area (Å²) < 4.78 is 0. The first-order chi connectivity index (χ1) is 8.90. The number of hydrogen-bond acceptors (Lipinski definition) is 2. The molecule has 19 heavy (non-hydrogen) atoms. The Balaban J connectivity index is 2.61. The number of aliphatic carboxylic acids is 1. The Morgan fingerprint density at radius 3 is 2.68 bits per heavy atom. The monoisotopic (exact) mass is 261 g/mol. The van der Waals surface area contributed by atoms with Crippen molar-refractivity contribution in [1.29, 1.82) is 0 Å². The van der Waals surface area contributed by atoms with E-state index in [0.29, 0.717) is 0 Å². The zero-order chi connectivity index (χ0) is 14.4. The minimum absolute atomic E-state index is 0.199. The highest BCUT2D eigenvalue weighted by atomic mass is 16.4. The van der Waals surface area contributed by atoms with Gasteiger partial charge in [0, 0.05) is 19.7 Å². The van der Waals surface area contributed by atoms with Gasteiger partial charge in [0.15, 0.2) is 0 Å². The summed E-state index contributed by atoms with van der Waals surface area (Å²) in [5.74, 6) is -1.67. The van der Waals surface area contributed by atoms with Crippen molar-refractivity contribution < 1.29 is 14.7 Å². The first kappa shape index (κ1) is 15.0. The number of nitrogens with zero attached hydrogens (tertiary/aromatic N) is 1. The van der Waals surface area contributed by atoms with E-state index < -0.39 is 11.9 Å². The van der Waals surface area contributed by atoms with Gasteiger partial charge in [-0.2, -0.15) is 0 Å². The van der Waals surface area contributed by atoms with Gasteiger partial charge in [0.2, 0.25) is 5.91 Å². The van der Waals surface area contributed by atoms with E-state index in [9.17, 15) is 9.59 Å². The van der Waals surface area contributed by atoms with Crippen LogP contribution in [0.3, 0.4) is 0 Å². The number of rotatable bonds is 5. The van der Waals surface area contributed by atoms with Gasteiger partial charge in [0.05, 0.1) is 5.92 Å². The number of carbonyl (C=O) groups is 2. The average molecular weight is 261 g/mol. The molecular formula is C15H19NO3. The molecule has 0 radical (unpaired) electrons. The average Bonchev–Trinajstić information content (AvgIpc) is 2.35. The molecule has 4 nitrogen and oxygen atoms in total. The molecule has 1 N–H and O–H groups in total. The molecule has 0 heterocycles. The summed E-state index contributed by atoms with van der Waals surface area (Å²) in [6, 6.07) is 7.80. The van der Waals surface area contributed by atoms with Crippen molar-refractivity contribution in [3.63, 3.8) is 0 Å². The number of aryl methyl sites for hydroxylation is 1. The standard InChI is InChI=1S/C15H19NO3/c1-11-5-4-6-13(9-11)7-8-14(17)16(3)10-12(2)15(18)19/h4-9,12H,10H2,1-3H3,(H,18,19). The maximum absolute atomic E-state index is 11.8. The predicted molar refractivity (Wildman–Crippen MR) is 74.6 cm³/mol. The van der Waals surface area contributed by atoms with E-state index in [1.807, 2.05) is 31.2 Å². The summed E-state index contributed by atoms with van der Waals surface area (Å²) in [5.41, 5.74) is 2.08. The Morgan fingerprint density at radius 2 is 2.11 bits per heavy atom. The van der Waals surface area contributed by atoms with Gasteiger partial charge in [0.25, 0.3) is 0 Å². The van der Waals surface area contributed by atoms with E-state index in [1.165, 1.54) is 11.0 Å². The van der Waals surface area contributed by atoms with Crippen molar-refractivity contribution in [2.24, 2.45) is 5.92 Å². The Bertz CT molecular complexity index is 494. The topological polar surface area (TPSA) is 57.6 Å². The van der Waals surface area contributed by atoms with E-state index in [2.05, 4.69) is 0 Å². The van der Waals surface area contributed by atoms with E-state index in [0.717, 1.165) is 11.1 Å². The molecule has 0 bridgehead atoms. The van der Waals surface area contributed by atoms with Gasteiger partial charge in [-0.05, 0) is 18.6 Å². The lowest BCUT2D eigenvalue weighted by Gasteiger charge is -2.17. The van der Waals surface area contributed by atoms with Crippen molar-refractivity contribution in [2.45, 2.75) is 13.8 Å². The Labute approximate surface area is 113 Å². The molecule has 0 saturated heterocycles. The molecule has 0 fully saturated rings. The van der Waals surface area contributed by atoms with E-state index in [-0.39, 0.29) is 12.5 Å². The molecule has 0 aliphatic heterocycles. The normalized spacial score (nSPS) is 12.4. The molecule has 1 aromatic rings. The van der Waals surface area contributed by atoms with Crippen molar-refractivity contribution in [2.75, 3.05) is 13.6 Å². The fourth-order valence-corrected chi connectivity index (χ4v) is 1.65. The zero-order valence-electron chi connectivity index (χ0n) is 11.5. The summed E-state index contributed by atoms with van der Waals surface area (Å²) in [4.78, 5) is 23.9. The van der Waals surface area contributed by atoms with Gasteiger partial charge in [-0.3, -0.25) is 9.59 Å². The van der Waals surface area contributed by atoms with Crippen LogP contribution in [0, 0.1) is 12.8 Å². The highest BCUT2D eigenvalue weighted by molar-refractivity contribution is 5.91. The summed E-state index contributed by atoms with van der Waals surface area (Å²) in [7, 11) is 1.60. The first-order valence-corrected chi connectivity index (χ1v) is 6.13. The molecule has 1 amide bonds. The van der Waals surface area contributed by atoms with Crippen LogP contribution in [-0.2, 0) is 9.59 Å². The second-order valence-corrected chi connectivity index (χ2v) is 4.71. The number of amides is 1. The summed E-state index contributed by atoms with van der Waals surface area (Å²) in [6.45, 7) is 3.77. The van der Waals surface area contributed by atoms with Gasteiger partial charge < -0.3 is 10.0 Å². The van der Waals surface area contributed by atoms with Crippen LogP contribution >= 0.6 is 0 Å². The number of carboxylic acid groups (broad SMARTS) is 1. The smallest absolute Gasteiger partial charge is 0.308 e. The number of likely N-dealkylation sites (N-methyl/N-ethyl adjacent to an activating group) is 1. The second kappa shape index (κ2) is 6.73. The lowest BCUT2D eigenvalue weighted by Crippen LogP contribution is -2.32. The highest BCUT2D eigenvalue weighted by Crippen LogP contribution is 2.06. The first-order valence-electron chi connectivity index (χ1n) is 6.13. The molecule has 1 unspecified atom stereocenters. The maximum Gasteiger partial charge on any atom is 0.308 e. The SMILES string of the molecule is Cc1cccc(C=CC(=O)N(C)CC(C)C(=O)O)c1. The molecule has 0 aliphatic carbocycles. The fourth-order valence-electron chi connectivity index (χ4n) is 1.65. The van der Waals surface area contributed by atoms with Crippen LogP contribution in [0.5, 0.6) is 0 Å². The largest absolute Gasteiger partial charge is 0.481 e. The van der Waals surface area contributed by atoms with Crippen LogP contribution in [0.2, 0.25) is 0 Å². The van der Waals surface area contributed by atoms with Gasteiger partial charge in [0.1, 0.15) is 0 Å². The minimum atomic E-state index is -0.901. The number of carboxylic acids is 1. The van der Waals surface area contributed by atoms with E-state index in [1.54, 1.807) is 20.0 Å². The number of hydrogen-bond donors (Lipinski definition) is 1. The lowest BCUT2D eigenvalue weighted by molar-refractivity contribution is -0.142. The summed E-state index contributed by atoms with van der Waals surface area (Å²) in [6.07, 6.45) is 3.20. The third kappa shape index (κ3) is 4.95. The van der Waals surface area contributed by atoms with Crippen molar-refractivity contribution >= 4 is 18.0 Å². The number of benzene rings is 1. The summed E-state index contributed by atoms with van der Waals surface area (Å²) >= 11 is 0. The third-order valence-corrected chi connectivity index (χ3v) is 2.81. The van der Waals surface area contributed by atoms with Crippen LogP contribution in [0.1, 0.15) is 18.1 Å². The van der Waals surface area contributed by atoms with Crippen LogP contribution in [-0.4, -0.2) is 35.5 Å². The third-order valence-electron chi connectivity index (χ3n) is 2.81. The van der Waals surface area contributed by atoms with Crippen molar-refractivity contribution in [3.05, 3.63) is 41.5 Å². The van der Waals surface area contributed by atoms with Crippen molar-refractivity contribution in [3.8, 4) is 0 Å². The van der Waals surface area contributed by atoms with E-state index >= 15 is 0 Å². The quantitative estimate of drug-likeness (QED) is 0.826. The van der Waals surface area contributed by atoms with Gasteiger partial charge in [-0.15, -0.1) is 0 Å². The van der Waals surface area contributed by atoms with E-state index in [4.69, 9.17) is 5.11 Å². The predicted octanol–water partition coefficient (Wildman–Crippen LogP) is 2.19. The zero-order valence-corrected chi connectivity index (χ0v) is 11.5. The Hall–Kier alpha value is -2.10. The molecule has 4 heteroatoms. The molecule has 1 atom stereocenters. The molecule has 1 rings (SSSR count). The second-order valence-electron chi connectivity index (χ2n) is 4.71. The maximum atomic E-state index is 11.8. The van der Waals surface area contributed by atoms with Crippen LogP contribution < -0.4 is 0 Å². The molecule has 1 aromatic carbocycles. The molecule has 0 saturated carbocycles. The molecular weight excluding hydrogens is 242 g/mol. The lowest BCUT2D eigenvalue weighted by atomic mass is 10.1. The van der Waals surface area contributed by atoms with Crippen molar-refractivity contribution in [1.82, 2.24) is 4.90 Å².